The second-order valence-corrected chi connectivity index (χ2v) is 7.30. The summed E-state index contributed by atoms with van der Waals surface area (Å²) in [6.07, 6.45) is 7.00. The quantitative estimate of drug-likeness (QED) is 0.676. The molecule has 1 aromatic carbocycles. The number of rotatable bonds is 6. The van der Waals surface area contributed by atoms with Gasteiger partial charge in [-0.1, -0.05) is 30.3 Å². The van der Waals surface area contributed by atoms with Crippen LogP contribution in [0.1, 0.15) is 28.8 Å². The Kier molecular flexibility index (Phi) is 6.12. The van der Waals surface area contributed by atoms with Crippen molar-refractivity contribution < 1.29 is 4.79 Å². The van der Waals surface area contributed by atoms with E-state index in [4.69, 9.17) is 0 Å². The molecule has 1 amide bonds. The van der Waals surface area contributed by atoms with Crippen LogP contribution in [0.2, 0.25) is 0 Å². The van der Waals surface area contributed by atoms with Gasteiger partial charge in [0, 0.05) is 55.5 Å². The van der Waals surface area contributed by atoms with Crippen LogP contribution >= 0.6 is 0 Å². The molecular formula is C23H25N5O. The molecule has 148 valence electrons. The maximum absolute atomic E-state index is 12.7. The van der Waals surface area contributed by atoms with Gasteiger partial charge in [0.05, 0.1) is 0 Å². The third-order valence-corrected chi connectivity index (χ3v) is 5.15. The van der Waals surface area contributed by atoms with Crippen LogP contribution in [-0.2, 0) is 6.54 Å². The fourth-order valence-corrected chi connectivity index (χ4v) is 3.57. The van der Waals surface area contributed by atoms with Crippen LogP contribution in [-0.4, -0.2) is 39.9 Å². The average molecular weight is 387 g/mol. The zero-order valence-corrected chi connectivity index (χ0v) is 16.3. The Morgan fingerprint density at radius 2 is 1.76 bits per heavy atom. The normalized spacial score (nSPS) is 15.0. The maximum atomic E-state index is 12.7. The molecule has 0 aliphatic carbocycles. The fraction of sp³-hybridized carbons (Fsp3) is 0.261. The van der Waals surface area contributed by atoms with E-state index in [1.54, 1.807) is 30.7 Å². The molecule has 0 radical (unpaired) electrons. The van der Waals surface area contributed by atoms with Crippen LogP contribution in [0, 0.1) is 0 Å². The molecular weight excluding hydrogens is 362 g/mol. The van der Waals surface area contributed by atoms with E-state index in [1.165, 1.54) is 5.56 Å². The highest BCUT2D eigenvalue weighted by atomic mass is 16.1. The fourth-order valence-electron chi connectivity index (χ4n) is 3.57. The highest BCUT2D eigenvalue weighted by Crippen LogP contribution is 2.16. The molecule has 0 bridgehead atoms. The number of benzene rings is 1. The number of nitrogens with zero attached hydrogens (tertiary/aromatic N) is 3. The van der Waals surface area contributed by atoms with Crippen LogP contribution in [0.4, 0.5) is 11.5 Å². The summed E-state index contributed by atoms with van der Waals surface area (Å²) in [7, 11) is 0. The molecule has 3 aromatic rings. The number of aromatic nitrogens is 2. The smallest absolute Gasteiger partial charge is 0.251 e. The lowest BCUT2D eigenvalue weighted by atomic mass is 10.0. The van der Waals surface area contributed by atoms with Gasteiger partial charge in [-0.25, -0.2) is 4.98 Å². The molecule has 6 nitrogen and oxygen atoms in total. The van der Waals surface area contributed by atoms with Gasteiger partial charge < -0.3 is 10.6 Å². The van der Waals surface area contributed by atoms with Crippen molar-refractivity contribution in [3.63, 3.8) is 0 Å². The van der Waals surface area contributed by atoms with Crippen molar-refractivity contribution in [2.24, 2.45) is 0 Å². The number of amides is 1. The monoisotopic (exact) mass is 387 g/mol. The Morgan fingerprint density at radius 3 is 2.52 bits per heavy atom. The van der Waals surface area contributed by atoms with Crippen LogP contribution in [0.15, 0.2) is 73.2 Å². The summed E-state index contributed by atoms with van der Waals surface area (Å²) in [5.74, 6) is 0.591. The Labute approximate surface area is 171 Å². The molecule has 2 N–H and O–H groups in total. The number of anilines is 2. The van der Waals surface area contributed by atoms with E-state index in [0.717, 1.165) is 38.2 Å². The van der Waals surface area contributed by atoms with E-state index in [9.17, 15) is 4.79 Å². The number of hydrogen-bond donors (Lipinski definition) is 2. The highest BCUT2D eigenvalue weighted by Gasteiger charge is 2.21. The number of carbonyl (C=O) groups is 1. The van der Waals surface area contributed by atoms with Gasteiger partial charge in [-0.3, -0.25) is 14.7 Å². The molecule has 1 aliphatic rings. The molecule has 4 rings (SSSR count). The summed E-state index contributed by atoms with van der Waals surface area (Å²) in [4.78, 5) is 23.4. The summed E-state index contributed by atoms with van der Waals surface area (Å²) >= 11 is 0. The van der Waals surface area contributed by atoms with Gasteiger partial charge in [0.15, 0.2) is 0 Å². The molecule has 1 fully saturated rings. The highest BCUT2D eigenvalue weighted by molar-refractivity contribution is 5.95. The van der Waals surface area contributed by atoms with Crippen LogP contribution < -0.4 is 10.6 Å². The zero-order chi connectivity index (χ0) is 19.9. The minimum Gasteiger partial charge on any atom is -0.349 e. The first-order chi connectivity index (χ1) is 14.3. The van der Waals surface area contributed by atoms with Crippen molar-refractivity contribution in [2.75, 3.05) is 18.4 Å². The summed E-state index contributed by atoms with van der Waals surface area (Å²) in [6, 6.07) is 18.0. The van der Waals surface area contributed by atoms with Crippen molar-refractivity contribution in [3.8, 4) is 0 Å². The third-order valence-electron chi connectivity index (χ3n) is 5.15. The van der Waals surface area contributed by atoms with Gasteiger partial charge in [-0.05, 0) is 42.7 Å². The number of nitrogens with one attached hydrogen (secondary N) is 2. The van der Waals surface area contributed by atoms with Crippen LogP contribution in [0.5, 0.6) is 0 Å². The SMILES string of the molecule is O=C(NC1CCN(Cc2ccccc2)CC1)c1ccnc(Nc2ccncc2)c1. The second kappa shape index (κ2) is 9.30. The van der Waals surface area contributed by atoms with E-state index < -0.39 is 0 Å². The number of carbonyl (C=O) groups excluding carboxylic acids is 1. The predicted molar refractivity (Wildman–Crippen MR) is 114 cm³/mol. The molecule has 0 atom stereocenters. The van der Waals surface area contributed by atoms with Crippen molar-refractivity contribution in [3.05, 3.63) is 84.3 Å². The summed E-state index contributed by atoms with van der Waals surface area (Å²) < 4.78 is 0. The van der Waals surface area contributed by atoms with Gasteiger partial charge in [0.25, 0.3) is 5.91 Å². The summed E-state index contributed by atoms with van der Waals surface area (Å²) in [5, 5.41) is 6.37. The van der Waals surface area contributed by atoms with E-state index in [0.29, 0.717) is 11.4 Å². The standard InChI is InChI=1S/C23H25N5O/c29-23(19-6-13-25-22(16-19)26-20-7-11-24-12-8-20)27-21-9-14-28(15-10-21)17-18-4-2-1-3-5-18/h1-8,11-13,16,21H,9-10,14-15,17H2,(H,27,29)(H,24,25,26). The average Bonchev–Trinajstić information content (AvgIpc) is 2.77. The molecule has 2 aromatic heterocycles. The Morgan fingerprint density at radius 1 is 1.00 bits per heavy atom. The lowest BCUT2D eigenvalue weighted by molar-refractivity contribution is 0.0909. The largest absolute Gasteiger partial charge is 0.349 e. The molecule has 29 heavy (non-hydrogen) atoms. The van der Waals surface area contributed by atoms with Crippen molar-refractivity contribution >= 4 is 17.4 Å². The molecule has 0 spiro atoms. The number of piperidine rings is 1. The van der Waals surface area contributed by atoms with E-state index in [-0.39, 0.29) is 11.9 Å². The van der Waals surface area contributed by atoms with Crippen molar-refractivity contribution in [2.45, 2.75) is 25.4 Å². The summed E-state index contributed by atoms with van der Waals surface area (Å²) in [6.45, 7) is 2.95. The molecule has 1 aliphatic heterocycles. The zero-order valence-electron chi connectivity index (χ0n) is 16.3. The van der Waals surface area contributed by atoms with E-state index in [1.807, 2.05) is 18.2 Å². The van der Waals surface area contributed by atoms with Gasteiger partial charge in [0.1, 0.15) is 5.82 Å². The predicted octanol–water partition coefficient (Wildman–Crippen LogP) is 3.61. The topological polar surface area (TPSA) is 70.2 Å². The van der Waals surface area contributed by atoms with Gasteiger partial charge in [-0.2, -0.15) is 0 Å². The van der Waals surface area contributed by atoms with Crippen molar-refractivity contribution in [1.82, 2.24) is 20.2 Å². The summed E-state index contributed by atoms with van der Waals surface area (Å²) in [5.41, 5.74) is 2.83. The molecule has 3 heterocycles. The minimum atomic E-state index is -0.0494. The first-order valence-corrected chi connectivity index (χ1v) is 9.96. The molecule has 1 saturated heterocycles. The van der Waals surface area contributed by atoms with Crippen LogP contribution in [0.25, 0.3) is 0 Å². The molecule has 0 unspecified atom stereocenters. The first-order valence-electron chi connectivity index (χ1n) is 9.96. The Hall–Kier alpha value is -3.25. The second-order valence-electron chi connectivity index (χ2n) is 7.30. The molecule has 0 saturated carbocycles. The van der Waals surface area contributed by atoms with E-state index >= 15 is 0 Å². The minimum absolute atomic E-state index is 0.0494. The molecule has 6 heteroatoms. The number of hydrogen-bond acceptors (Lipinski definition) is 5. The third kappa shape index (κ3) is 5.39. The van der Waals surface area contributed by atoms with Gasteiger partial charge in [-0.15, -0.1) is 0 Å². The number of pyridine rings is 2. The van der Waals surface area contributed by atoms with Gasteiger partial charge >= 0.3 is 0 Å². The number of likely N-dealkylation sites (tertiary alicyclic amines) is 1. The van der Waals surface area contributed by atoms with Crippen molar-refractivity contribution in [1.29, 1.82) is 0 Å². The van der Waals surface area contributed by atoms with E-state index in [2.05, 4.69) is 49.8 Å². The first kappa shape index (κ1) is 19.1. The van der Waals surface area contributed by atoms with Crippen LogP contribution in [0.3, 0.4) is 0 Å². The Balaban J connectivity index is 1.29. The lowest BCUT2D eigenvalue weighted by Crippen LogP contribution is -2.44. The maximum Gasteiger partial charge on any atom is 0.251 e. The Bertz CT molecular complexity index is 924. The van der Waals surface area contributed by atoms with Gasteiger partial charge in [0.2, 0.25) is 0 Å². The lowest BCUT2D eigenvalue weighted by Gasteiger charge is -2.32.